The minimum Gasteiger partial charge on any atom is -0.496 e. The average Bonchev–Trinajstić information content (AvgIpc) is 3.37. The minimum atomic E-state index is -0.166. The zero-order valence-corrected chi connectivity index (χ0v) is 16.8. The Morgan fingerprint density at radius 1 is 1.24 bits per heavy atom. The standard InChI is InChI=1S/C22H27N3O4/c1-28-19-9-3-2-7-16(19)13-17-14-23-22(29-17)18-8-4-5-12-25(18)21(27)15-24-11-6-10-20(24)26/h2-3,7,9,14,18H,4-6,8,10-13,15H2,1H3/t18-/m1/s1. The van der Waals surface area contributed by atoms with E-state index < -0.39 is 0 Å². The van der Waals surface area contributed by atoms with Gasteiger partial charge in [-0.2, -0.15) is 0 Å². The van der Waals surface area contributed by atoms with Crippen molar-refractivity contribution in [3.63, 3.8) is 0 Å². The molecule has 7 nitrogen and oxygen atoms in total. The number of carbonyl (C=O) groups is 2. The van der Waals surface area contributed by atoms with Gasteiger partial charge in [0.25, 0.3) is 0 Å². The van der Waals surface area contributed by atoms with Gasteiger partial charge in [-0.05, 0) is 31.7 Å². The summed E-state index contributed by atoms with van der Waals surface area (Å²) in [6.45, 7) is 1.50. The number of benzene rings is 1. The van der Waals surface area contributed by atoms with Gasteiger partial charge in [0.15, 0.2) is 0 Å². The molecule has 1 atom stereocenters. The van der Waals surface area contributed by atoms with Gasteiger partial charge in [-0.15, -0.1) is 0 Å². The van der Waals surface area contributed by atoms with Gasteiger partial charge in [0, 0.05) is 31.5 Å². The molecular weight excluding hydrogens is 370 g/mol. The van der Waals surface area contributed by atoms with Crippen LogP contribution in [0.2, 0.25) is 0 Å². The van der Waals surface area contributed by atoms with Crippen molar-refractivity contribution >= 4 is 11.8 Å². The molecule has 2 aromatic rings. The first-order chi connectivity index (χ1) is 14.2. The van der Waals surface area contributed by atoms with Gasteiger partial charge in [-0.3, -0.25) is 9.59 Å². The molecule has 1 aromatic carbocycles. The van der Waals surface area contributed by atoms with Crippen molar-refractivity contribution in [3.05, 3.63) is 47.7 Å². The molecule has 0 aliphatic carbocycles. The van der Waals surface area contributed by atoms with E-state index in [1.54, 1.807) is 18.2 Å². The van der Waals surface area contributed by atoms with E-state index >= 15 is 0 Å². The third-order valence-corrected chi connectivity index (χ3v) is 5.73. The number of hydrogen-bond donors (Lipinski definition) is 0. The number of nitrogens with zero attached hydrogens (tertiary/aromatic N) is 3. The number of likely N-dealkylation sites (tertiary alicyclic amines) is 2. The van der Waals surface area contributed by atoms with Gasteiger partial charge < -0.3 is 19.0 Å². The van der Waals surface area contributed by atoms with Gasteiger partial charge in [-0.25, -0.2) is 4.98 Å². The Morgan fingerprint density at radius 2 is 2.10 bits per heavy atom. The van der Waals surface area contributed by atoms with E-state index in [1.165, 1.54) is 0 Å². The summed E-state index contributed by atoms with van der Waals surface area (Å²) in [5.74, 6) is 2.19. The van der Waals surface area contributed by atoms with Crippen LogP contribution in [0.1, 0.15) is 55.4 Å². The maximum Gasteiger partial charge on any atom is 0.242 e. The third-order valence-electron chi connectivity index (χ3n) is 5.73. The van der Waals surface area contributed by atoms with Crippen LogP contribution in [-0.4, -0.2) is 53.3 Å². The number of ether oxygens (including phenoxy) is 1. The Labute approximate surface area is 170 Å². The number of amides is 2. The number of piperidine rings is 1. The average molecular weight is 397 g/mol. The van der Waals surface area contributed by atoms with Crippen molar-refractivity contribution in [2.75, 3.05) is 26.7 Å². The molecule has 2 aliphatic rings. The molecule has 29 heavy (non-hydrogen) atoms. The first kappa shape index (κ1) is 19.5. The first-order valence-corrected chi connectivity index (χ1v) is 10.3. The van der Waals surface area contributed by atoms with Crippen LogP contribution in [0.5, 0.6) is 5.75 Å². The van der Waals surface area contributed by atoms with Crippen LogP contribution in [0.3, 0.4) is 0 Å². The molecule has 2 aliphatic heterocycles. The Hall–Kier alpha value is -2.83. The van der Waals surface area contributed by atoms with Gasteiger partial charge >= 0.3 is 0 Å². The molecule has 2 fully saturated rings. The summed E-state index contributed by atoms with van der Waals surface area (Å²) in [7, 11) is 1.65. The summed E-state index contributed by atoms with van der Waals surface area (Å²) in [6.07, 6.45) is 6.52. The van der Waals surface area contributed by atoms with Crippen molar-refractivity contribution in [1.82, 2.24) is 14.8 Å². The smallest absolute Gasteiger partial charge is 0.242 e. The summed E-state index contributed by atoms with van der Waals surface area (Å²) in [5.41, 5.74) is 1.03. The molecule has 0 N–H and O–H groups in total. The number of rotatable bonds is 6. The van der Waals surface area contributed by atoms with E-state index in [1.807, 2.05) is 29.2 Å². The lowest BCUT2D eigenvalue weighted by molar-refractivity contribution is -0.141. The lowest BCUT2D eigenvalue weighted by Crippen LogP contribution is -2.44. The molecule has 0 spiro atoms. The van der Waals surface area contributed by atoms with E-state index in [2.05, 4.69) is 4.98 Å². The maximum absolute atomic E-state index is 12.9. The molecule has 0 unspecified atom stereocenters. The first-order valence-electron chi connectivity index (χ1n) is 10.3. The number of oxazole rings is 1. The molecule has 2 amide bonds. The molecule has 7 heteroatoms. The second kappa shape index (κ2) is 8.68. The van der Waals surface area contributed by atoms with E-state index in [9.17, 15) is 9.59 Å². The highest BCUT2D eigenvalue weighted by Crippen LogP contribution is 2.32. The molecule has 2 saturated heterocycles. The maximum atomic E-state index is 12.9. The molecule has 154 valence electrons. The van der Waals surface area contributed by atoms with E-state index in [0.29, 0.717) is 31.8 Å². The number of hydrogen-bond acceptors (Lipinski definition) is 5. The second-order valence-corrected chi connectivity index (χ2v) is 7.67. The molecule has 0 bridgehead atoms. The van der Waals surface area contributed by atoms with Crippen LogP contribution in [0, 0.1) is 0 Å². The zero-order valence-electron chi connectivity index (χ0n) is 16.8. The SMILES string of the molecule is COc1ccccc1Cc1cnc([C@H]2CCCCN2C(=O)CN2CCCC2=O)o1. The van der Waals surface area contributed by atoms with Crippen LogP contribution >= 0.6 is 0 Å². The molecule has 0 saturated carbocycles. The predicted octanol–water partition coefficient (Wildman–Crippen LogP) is 2.95. The van der Waals surface area contributed by atoms with Gasteiger partial charge in [0.05, 0.1) is 19.9 Å². The highest BCUT2D eigenvalue weighted by molar-refractivity contribution is 5.86. The minimum absolute atomic E-state index is 0.0190. The summed E-state index contributed by atoms with van der Waals surface area (Å²) in [5, 5.41) is 0. The van der Waals surface area contributed by atoms with Crippen molar-refractivity contribution in [2.24, 2.45) is 0 Å². The molecule has 4 rings (SSSR count). The fourth-order valence-corrected chi connectivity index (χ4v) is 4.21. The van der Waals surface area contributed by atoms with Crippen LogP contribution in [0.4, 0.5) is 0 Å². The highest BCUT2D eigenvalue weighted by Gasteiger charge is 2.33. The number of para-hydroxylation sites is 1. The summed E-state index contributed by atoms with van der Waals surface area (Å²) < 4.78 is 11.5. The summed E-state index contributed by atoms with van der Waals surface area (Å²) >= 11 is 0. The largest absolute Gasteiger partial charge is 0.496 e. The topological polar surface area (TPSA) is 75.9 Å². The fraction of sp³-hybridized carbons (Fsp3) is 0.500. The Balaban J connectivity index is 1.47. The molecular formula is C22H27N3O4. The van der Waals surface area contributed by atoms with E-state index in [4.69, 9.17) is 9.15 Å². The normalized spacial score (nSPS) is 19.6. The summed E-state index contributed by atoms with van der Waals surface area (Å²) in [6, 6.07) is 7.67. The summed E-state index contributed by atoms with van der Waals surface area (Å²) in [4.78, 5) is 32.8. The lowest BCUT2D eigenvalue weighted by Gasteiger charge is -2.34. The Bertz CT molecular complexity index is 878. The van der Waals surface area contributed by atoms with Crippen LogP contribution in [-0.2, 0) is 16.0 Å². The molecule has 3 heterocycles. The van der Waals surface area contributed by atoms with E-state index in [0.717, 1.165) is 42.8 Å². The zero-order chi connectivity index (χ0) is 20.2. The predicted molar refractivity (Wildman–Crippen MR) is 106 cm³/mol. The highest BCUT2D eigenvalue weighted by atomic mass is 16.5. The second-order valence-electron chi connectivity index (χ2n) is 7.67. The fourth-order valence-electron chi connectivity index (χ4n) is 4.21. The van der Waals surface area contributed by atoms with Crippen molar-refractivity contribution in [3.8, 4) is 5.75 Å². The molecule has 0 radical (unpaired) electrons. The van der Waals surface area contributed by atoms with Crippen molar-refractivity contribution in [2.45, 2.75) is 44.6 Å². The van der Waals surface area contributed by atoms with Crippen LogP contribution < -0.4 is 4.74 Å². The van der Waals surface area contributed by atoms with Gasteiger partial charge in [0.1, 0.15) is 17.6 Å². The van der Waals surface area contributed by atoms with Crippen molar-refractivity contribution in [1.29, 1.82) is 0 Å². The monoisotopic (exact) mass is 397 g/mol. The number of carbonyl (C=O) groups excluding carboxylic acids is 2. The Kier molecular flexibility index (Phi) is 5.83. The van der Waals surface area contributed by atoms with Gasteiger partial charge in [-0.1, -0.05) is 18.2 Å². The van der Waals surface area contributed by atoms with Gasteiger partial charge in [0.2, 0.25) is 17.7 Å². The quantitative estimate of drug-likeness (QED) is 0.749. The number of methoxy groups -OCH3 is 1. The number of aromatic nitrogens is 1. The molecule has 1 aromatic heterocycles. The van der Waals surface area contributed by atoms with Crippen LogP contribution in [0.15, 0.2) is 34.9 Å². The third kappa shape index (κ3) is 4.28. The lowest BCUT2D eigenvalue weighted by atomic mass is 10.0. The Morgan fingerprint density at radius 3 is 2.90 bits per heavy atom. The van der Waals surface area contributed by atoms with E-state index in [-0.39, 0.29) is 24.4 Å². The van der Waals surface area contributed by atoms with Crippen molar-refractivity contribution < 1.29 is 18.7 Å². The van der Waals surface area contributed by atoms with Crippen LogP contribution in [0.25, 0.3) is 0 Å².